The Hall–Kier alpha value is -1.22. The highest BCUT2D eigenvalue weighted by molar-refractivity contribution is 6.39. The monoisotopic (exact) mass is 307 g/mol. The quantitative estimate of drug-likeness (QED) is 0.897. The molecule has 0 radical (unpaired) electrons. The molecule has 0 unspecified atom stereocenters. The van der Waals surface area contributed by atoms with E-state index < -0.39 is 0 Å². The highest BCUT2D eigenvalue weighted by Crippen LogP contribution is 2.43. The molecule has 0 saturated carbocycles. The SMILES string of the molecule is NC[C@@H]1CCc2cccc(-c3c(Cl)cccc3Cl)c2O1. The molecule has 0 fully saturated rings. The van der Waals surface area contributed by atoms with Crippen molar-refractivity contribution < 1.29 is 4.74 Å². The van der Waals surface area contributed by atoms with Gasteiger partial charge in [0.05, 0.1) is 10.0 Å². The van der Waals surface area contributed by atoms with Crippen LogP contribution in [0.1, 0.15) is 12.0 Å². The largest absolute Gasteiger partial charge is 0.488 e. The first kappa shape index (κ1) is 13.7. The first-order valence-corrected chi connectivity index (χ1v) is 7.39. The average molecular weight is 308 g/mol. The fraction of sp³-hybridized carbons (Fsp3) is 0.250. The van der Waals surface area contributed by atoms with E-state index >= 15 is 0 Å². The number of fused-ring (bicyclic) bond motifs is 1. The summed E-state index contributed by atoms with van der Waals surface area (Å²) in [5, 5.41) is 1.26. The molecule has 1 heterocycles. The van der Waals surface area contributed by atoms with E-state index in [0.717, 1.165) is 29.7 Å². The fourth-order valence-corrected chi connectivity index (χ4v) is 3.18. The summed E-state index contributed by atoms with van der Waals surface area (Å²) in [6, 6.07) is 11.6. The van der Waals surface area contributed by atoms with E-state index in [-0.39, 0.29) is 6.10 Å². The van der Waals surface area contributed by atoms with Gasteiger partial charge in [-0.15, -0.1) is 0 Å². The van der Waals surface area contributed by atoms with Crippen molar-refractivity contribution >= 4 is 23.2 Å². The molecule has 1 aliphatic rings. The van der Waals surface area contributed by atoms with Gasteiger partial charge in [-0.2, -0.15) is 0 Å². The lowest BCUT2D eigenvalue weighted by molar-refractivity contribution is 0.182. The van der Waals surface area contributed by atoms with Crippen molar-refractivity contribution in [3.8, 4) is 16.9 Å². The summed E-state index contributed by atoms with van der Waals surface area (Å²) in [7, 11) is 0. The first-order chi connectivity index (χ1) is 9.70. The number of ether oxygens (including phenoxy) is 1. The average Bonchev–Trinajstić information content (AvgIpc) is 2.47. The maximum absolute atomic E-state index is 6.31. The molecule has 104 valence electrons. The van der Waals surface area contributed by atoms with Crippen molar-refractivity contribution in [2.45, 2.75) is 18.9 Å². The van der Waals surface area contributed by atoms with Crippen LogP contribution < -0.4 is 10.5 Å². The number of benzene rings is 2. The predicted octanol–water partition coefficient (Wildman–Crippen LogP) is 4.31. The van der Waals surface area contributed by atoms with Crippen molar-refractivity contribution in [1.82, 2.24) is 0 Å². The summed E-state index contributed by atoms with van der Waals surface area (Å²) in [6.45, 7) is 0.518. The molecule has 20 heavy (non-hydrogen) atoms. The van der Waals surface area contributed by atoms with Gasteiger partial charge >= 0.3 is 0 Å². The molecule has 2 N–H and O–H groups in total. The molecule has 0 aromatic heterocycles. The minimum absolute atomic E-state index is 0.0601. The molecular formula is C16H15Cl2NO. The predicted molar refractivity (Wildman–Crippen MR) is 83.7 cm³/mol. The van der Waals surface area contributed by atoms with Gasteiger partial charge in [0, 0.05) is 17.7 Å². The van der Waals surface area contributed by atoms with Crippen LogP contribution in [0.3, 0.4) is 0 Å². The van der Waals surface area contributed by atoms with Gasteiger partial charge in [0.2, 0.25) is 0 Å². The highest BCUT2D eigenvalue weighted by Gasteiger charge is 2.23. The van der Waals surface area contributed by atoms with Gasteiger partial charge in [0.25, 0.3) is 0 Å². The van der Waals surface area contributed by atoms with Gasteiger partial charge in [-0.3, -0.25) is 0 Å². The second-order valence-corrected chi connectivity index (χ2v) is 5.72. The Morgan fingerprint density at radius 1 is 1.10 bits per heavy atom. The topological polar surface area (TPSA) is 35.2 Å². The van der Waals surface area contributed by atoms with Crippen LogP contribution in [0.2, 0.25) is 10.0 Å². The number of rotatable bonds is 2. The number of para-hydroxylation sites is 1. The Kier molecular flexibility index (Phi) is 3.88. The van der Waals surface area contributed by atoms with Gasteiger partial charge in [0.1, 0.15) is 11.9 Å². The molecular weight excluding hydrogens is 293 g/mol. The van der Waals surface area contributed by atoms with Crippen LogP contribution in [0, 0.1) is 0 Å². The number of nitrogens with two attached hydrogens (primary N) is 1. The molecule has 1 atom stereocenters. The van der Waals surface area contributed by atoms with Crippen LogP contribution >= 0.6 is 23.2 Å². The Morgan fingerprint density at radius 3 is 2.50 bits per heavy atom. The second-order valence-electron chi connectivity index (χ2n) is 4.90. The summed E-state index contributed by atoms with van der Waals surface area (Å²) >= 11 is 12.6. The summed E-state index contributed by atoms with van der Waals surface area (Å²) in [4.78, 5) is 0. The zero-order chi connectivity index (χ0) is 14.1. The normalized spacial score (nSPS) is 17.4. The Labute approximate surface area is 128 Å². The van der Waals surface area contributed by atoms with Gasteiger partial charge < -0.3 is 10.5 Å². The standard InChI is InChI=1S/C16H15Cl2NO/c17-13-5-2-6-14(18)15(13)12-4-1-3-10-7-8-11(9-19)20-16(10)12/h1-6,11H,7-9,19H2/t11-/m0/s1. The Bertz CT molecular complexity index is 622. The molecule has 0 spiro atoms. The Balaban J connectivity index is 2.16. The highest BCUT2D eigenvalue weighted by atomic mass is 35.5. The summed E-state index contributed by atoms with van der Waals surface area (Å²) in [6.07, 6.45) is 1.97. The zero-order valence-electron chi connectivity index (χ0n) is 10.9. The van der Waals surface area contributed by atoms with Gasteiger partial charge in [-0.1, -0.05) is 47.5 Å². The van der Waals surface area contributed by atoms with Crippen LogP contribution in [0.4, 0.5) is 0 Å². The van der Waals surface area contributed by atoms with E-state index in [1.807, 2.05) is 30.3 Å². The van der Waals surface area contributed by atoms with Crippen molar-refractivity contribution in [1.29, 1.82) is 0 Å². The summed E-state index contributed by atoms with van der Waals surface area (Å²) in [5.74, 6) is 0.865. The van der Waals surface area contributed by atoms with E-state index in [0.29, 0.717) is 16.6 Å². The zero-order valence-corrected chi connectivity index (χ0v) is 12.4. The minimum atomic E-state index is 0.0601. The van der Waals surface area contributed by atoms with Crippen molar-refractivity contribution in [2.24, 2.45) is 5.73 Å². The smallest absolute Gasteiger partial charge is 0.130 e. The number of hydrogen-bond acceptors (Lipinski definition) is 2. The molecule has 1 aliphatic heterocycles. The van der Waals surface area contributed by atoms with Gasteiger partial charge in [0.15, 0.2) is 0 Å². The van der Waals surface area contributed by atoms with Crippen LogP contribution in [-0.2, 0) is 6.42 Å². The number of hydrogen-bond donors (Lipinski definition) is 1. The summed E-state index contributed by atoms with van der Waals surface area (Å²) < 4.78 is 6.03. The van der Waals surface area contributed by atoms with Crippen molar-refractivity contribution in [2.75, 3.05) is 6.54 Å². The van der Waals surface area contributed by atoms with Crippen molar-refractivity contribution in [3.63, 3.8) is 0 Å². The third kappa shape index (κ3) is 2.39. The maximum Gasteiger partial charge on any atom is 0.130 e. The third-order valence-corrected chi connectivity index (χ3v) is 4.24. The minimum Gasteiger partial charge on any atom is -0.488 e. The van der Waals surface area contributed by atoms with Crippen LogP contribution in [0.5, 0.6) is 5.75 Å². The van der Waals surface area contributed by atoms with E-state index in [2.05, 4.69) is 6.07 Å². The van der Waals surface area contributed by atoms with E-state index in [1.54, 1.807) is 0 Å². The maximum atomic E-state index is 6.31. The lowest BCUT2D eigenvalue weighted by Gasteiger charge is -2.27. The molecule has 2 nitrogen and oxygen atoms in total. The van der Waals surface area contributed by atoms with Gasteiger partial charge in [-0.05, 0) is 30.5 Å². The van der Waals surface area contributed by atoms with Crippen LogP contribution in [0.15, 0.2) is 36.4 Å². The first-order valence-electron chi connectivity index (χ1n) is 6.63. The molecule has 0 aliphatic carbocycles. The molecule has 4 heteroatoms. The molecule has 2 aromatic rings. The van der Waals surface area contributed by atoms with Crippen molar-refractivity contribution in [3.05, 3.63) is 52.0 Å². The number of halogens is 2. The van der Waals surface area contributed by atoms with E-state index in [9.17, 15) is 0 Å². The molecule has 3 rings (SSSR count). The van der Waals surface area contributed by atoms with Crippen LogP contribution in [-0.4, -0.2) is 12.6 Å². The van der Waals surface area contributed by atoms with Gasteiger partial charge in [-0.25, -0.2) is 0 Å². The molecule has 0 bridgehead atoms. The third-order valence-electron chi connectivity index (χ3n) is 3.61. The second kappa shape index (κ2) is 5.65. The summed E-state index contributed by atoms with van der Waals surface area (Å²) in [5.41, 5.74) is 8.68. The lowest BCUT2D eigenvalue weighted by atomic mass is 9.95. The fourth-order valence-electron chi connectivity index (χ4n) is 2.58. The van der Waals surface area contributed by atoms with E-state index in [4.69, 9.17) is 33.7 Å². The molecule has 0 saturated heterocycles. The molecule has 2 aromatic carbocycles. The van der Waals surface area contributed by atoms with Crippen LogP contribution in [0.25, 0.3) is 11.1 Å². The lowest BCUT2D eigenvalue weighted by Crippen LogP contribution is -2.30. The Morgan fingerprint density at radius 2 is 1.80 bits per heavy atom. The number of aryl methyl sites for hydroxylation is 1. The molecule has 0 amide bonds. The van der Waals surface area contributed by atoms with E-state index in [1.165, 1.54) is 5.56 Å².